The Morgan fingerprint density at radius 3 is 2.40 bits per heavy atom. The van der Waals surface area contributed by atoms with Crippen LogP contribution in [0.2, 0.25) is 10.0 Å². The van der Waals surface area contributed by atoms with Gasteiger partial charge in [0.1, 0.15) is 5.92 Å². The number of carboxylic acids is 1. The summed E-state index contributed by atoms with van der Waals surface area (Å²) >= 11 is 11.8. The largest absolute Gasteiger partial charge is 0.481 e. The number of likely N-dealkylation sites (tertiary alicyclic amines) is 1. The van der Waals surface area contributed by atoms with E-state index in [9.17, 15) is 15.0 Å². The molecule has 1 atom stereocenters. The van der Waals surface area contributed by atoms with Gasteiger partial charge in [0.15, 0.2) is 0 Å². The Morgan fingerprint density at radius 1 is 1.30 bits per heavy atom. The number of halogens is 2. The molecule has 1 saturated heterocycles. The molecular formula is C14H17Cl2NO3. The van der Waals surface area contributed by atoms with Crippen molar-refractivity contribution in [2.45, 2.75) is 24.4 Å². The Hall–Kier alpha value is -0.810. The van der Waals surface area contributed by atoms with Crippen LogP contribution < -0.4 is 0 Å². The maximum absolute atomic E-state index is 11.6. The smallest absolute Gasteiger partial charge is 0.313 e. The van der Waals surface area contributed by atoms with E-state index in [1.54, 1.807) is 12.1 Å². The fraction of sp³-hybridized carbons (Fsp3) is 0.500. The summed E-state index contributed by atoms with van der Waals surface area (Å²) in [7, 11) is 1.95. The summed E-state index contributed by atoms with van der Waals surface area (Å²) in [5.41, 5.74) is -0.769. The number of aliphatic hydroxyl groups is 1. The Balaban J connectivity index is 2.36. The van der Waals surface area contributed by atoms with Gasteiger partial charge in [-0.3, -0.25) is 4.79 Å². The van der Waals surface area contributed by atoms with Crippen LogP contribution in [-0.2, 0) is 4.79 Å². The minimum absolute atomic E-state index is 0.298. The van der Waals surface area contributed by atoms with Gasteiger partial charge in [0.2, 0.25) is 0 Å². The number of aliphatic carboxylic acids is 1. The number of carboxylic acid groups (broad SMARTS) is 1. The molecule has 0 saturated carbocycles. The van der Waals surface area contributed by atoms with E-state index in [2.05, 4.69) is 4.90 Å². The number of rotatable bonds is 3. The third-order valence-electron chi connectivity index (χ3n) is 3.91. The summed E-state index contributed by atoms with van der Waals surface area (Å²) in [5, 5.41) is 20.9. The van der Waals surface area contributed by atoms with Crippen molar-refractivity contribution >= 4 is 29.2 Å². The molecule has 1 aromatic carbocycles. The van der Waals surface area contributed by atoms with E-state index in [1.807, 2.05) is 7.05 Å². The zero-order chi connectivity index (χ0) is 14.9. The summed E-state index contributed by atoms with van der Waals surface area (Å²) in [6, 6.07) is 4.70. The Labute approximate surface area is 127 Å². The highest BCUT2D eigenvalue weighted by molar-refractivity contribution is 6.42. The Bertz CT molecular complexity index is 513. The SMILES string of the molecule is CN1CCC(O)(C(C(=O)O)c2ccc(Cl)c(Cl)c2)CC1. The minimum atomic E-state index is -1.25. The van der Waals surface area contributed by atoms with Crippen LogP contribution in [0.4, 0.5) is 0 Å². The number of carbonyl (C=O) groups is 1. The predicted molar refractivity (Wildman–Crippen MR) is 78.5 cm³/mol. The van der Waals surface area contributed by atoms with E-state index in [0.29, 0.717) is 41.5 Å². The number of hydrogen-bond acceptors (Lipinski definition) is 3. The second-order valence-electron chi connectivity index (χ2n) is 5.35. The van der Waals surface area contributed by atoms with Gasteiger partial charge in [-0.2, -0.15) is 0 Å². The van der Waals surface area contributed by atoms with Crippen LogP contribution in [0.3, 0.4) is 0 Å². The summed E-state index contributed by atoms with van der Waals surface area (Å²) in [5.74, 6) is -2.04. The number of piperidine rings is 1. The molecule has 0 aromatic heterocycles. The fourth-order valence-electron chi connectivity index (χ4n) is 2.67. The molecule has 1 aliphatic rings. The van der Waals surface area contributed by atoms with Gasteiger partial charge in [-0.05, 0) is 37.6 Å². The van der Waals surface area contributed by atoms with Crippen LogP contribution >= 0.6 is 23.2 Å². The molecule has 1 unspecified atom stereocenters. The highest BCUT2D eigenvalue weighted by atomic mass is 35.5. The molecule has 1 aromatic rings. The van der Waals surface area contributed by atoms with Gasteiger partial charge in [0.25, 0.3) is 0 Å². The van der Waals surface area contributed by atoms with Crippen LogP contribution in [0.5, 0.6) is 0 Å². The van der Waals surface area contributed by atoms with Gasteiger partial charge < -0.3 is 15.1 Å². The molecule has 1 fully saturated rings. The topological polar surface area (TPSA) is 60.8 Å². The molecule has 1 heterocycles. The van der Waals surface area contributed by atoms with E-state index in [-0.39, 0.29) is 0 Å². The van der Waals surface area contributed by atoms with E-state index in [4.69, 9.17) is 23.2 Å². The molecule has 0 amide bonds. The molecule has 0 aliphatic carbocycles. The Kier molecular flexibility index (Phi) is 4.59. The number of nitrogens with zero attached hydrogens (tertiary/aromatic N) is 1. The van der Waals surface area contributed by atoms with Gasteiger partial charge in [0, 0.05) is 13.1 Å². The lowest BCUT2D eigenvalue weighted by atomic mass is 9.76. The highest BCUT2D eigenvalue weighted by Gasteiger charge is 2.44. The van der Waals surface area contributed by atoms with Crippen LogP contribution in [0.15, 0.2) is 18.2 Å². The van der Waals surface area contributed by atoms with Crippen molar-refractivity contribution in [3.63, 3.8) is 0 Å². The lowest BCUT2D eigenvalue weighted by Gasteiger charge is -2.40. The molecule has 2 N–H and O–H groups in total. The molecule has 0 spiro atoms. The molecule has 6 heteroatoms. The third kappa shape index (κ3) is 3.09. The molecule has 2 rings (SSSR count). The van der Waals surface area contributed by atoms with E-state index < -0.39 is 17.5 Å². The van der Waals surface area contributed by atoms with E-state index in [0.717, 1.165) is 0 Å². The quantitative estimate of drug-likeness (QED) is 0.899. The van der Waals surface area contributed by atoms with Crippen molar-refractivity contribution in [2.24, 2.45) is 0 Å². The van der Waals surface area contributed by atoms with E-state index in [1.165, 1.54) is 6.07 Å². The highest BCUT2D eigenvalue weighted by Crippen LogP contribution is 2.38. The second-order valence-corrected chi connectivity index (χ2v) is 6.17. The van der Waals surface area contributed by atoms with Crippen LogP contribution in [0, 0.1) is 0 Å². The van der Waals surface area contributed by atoms with Crippen molar-refractivity contribution < 1.29 is 15.0 Å². The lowest BCUT2D eigenvalue weighted by molar-refractivity contribution is -0.148. The first-order valence-corrected chi connectivity index (χ1v) is 7.18. The molecule has 110 valence electrons. The van der Waals surface area contributed by atoms with Crippen LogP contribution in [0.1, 0.15) is 24.3 Å². The van der Waals surface area contributed by atoms with Crippen LogP contribution in [-0.4, -0.2) is 46.8 Å². The standard InChI is InChI=1S/C14H17Cl2NO3/c1-17-6-4-14(20,5-7-17)12(13(18)19)9-2-3-10(15)11(16)8-9/h2-3,8,12,20H,4-7H2,1H3,(H,18,19). The molecule has 0 bridgehead atoms. The molecule has 20 heavy (non-hydrogen) atoms. The first-order chi connectivity index (χ1) is 9.33. The minimum Gasteiger partial charge on any atom is -0.481 e. The van der Waals surface area contributed by atoms with Crippen molar-refractivity contribution in [3.05, 3.63) is 33.8 Å². The maximum Gasteiger partial charge on any atom is 0.313 e. The number of benzene rings is 1. The molecule has 4 nitrogen and oxygen atoms in total. The summed E-state index contributed by atoms with van der Waals surface area (Å²) in [6.07, 6.45) is 0.835. The average molecular weight is 318 g/mol. The van der Waals surface area contributed by atoms with Gasteiger partial charge in [-0.25, -0.2) is 0 Å². The lowest BCUT2D eigenvalue weighted by Crippen LogP contribution is -2.49. The van der Waals surface area contributed by atoms with Crippen LogP contribution in [0.25, 0.3) is 0 Å². The summed E-state index contributed by atoms with van der Waals surface area (Å²) < 4.78 is 0. The normalized spacial score (nSPS) is 20.6. The average Bonchev–Trinajstić information content (AvgIpc) is 2.37. The van der Waals surface area contributed by atoms with E-state index >= 15 is 0 Å². The summed E-state index contributed by atoms with van der Waals surface area (Å²) in [4.78, 5) is 13.7. The van der Waals surface area contributed by atoms with Gasteiger partial charge >= 0.3 is 5.97 Å². The maximum atomic E-state index is 11.6. The molecule has 1 aliphatic heterocycles. The van der Waals surface area contributed by atoms with Crippen molar-refractivity contribution in [2.75, 3.05) is 20.1 Å². The Morgan fingerprint density at radius 2 is 1.90 bits per heavy atom. The van der Waals surface area contributed by atoms with Crippen molar-refractivity contribution in [3.8, 4) is 0 Å². The number of hydrogen-bond donors (Lipinski definition) is 2. The molecule has 0 radical (unpaired) electrons. The third-order valence-corrected chi connectivity index (χ3v) is 4.65. The fourth-order valence-corrected chi connectivity index (χ4v) is 2.98. The zero-order valence-electron chi connectivity index (χ0n) is 11.1. The molecular weight excluding hydrogens is 301 g/mol. The summed E-state index contributed by atoms with van der Waals surface area (Å²) in [6.45, 7) is 1.34. The second kappa shape index (κ2) is 5.90. The van der Waals surface area contributed by atoms with Gasteiger partial charge in [0.05, 0.1) is 15.6 Å². The first kappa shape index (κ1) is 15.6. The van der Waals surface area contributed by atoms with Gasteiger partial charge in [-0.1, -0.05) is 29.3 Å². The van der Waals surface area contributed by atoms with Crippen molar-refractivity contribution in [1.29, 1.82) is 0 Å². The zero-order valence-corrected chi connectivity index (χ0v) is 12.7. The monoisotopic (exact) mass is 317 g/mol. The van der Waals surface area contributed by atoms with Crippen molar-refractivity contribution in [1.82, 2.24) is 4.90 Å². The van der Waals surface area contributed by atoms with Gasteiger partial charge in [-0.15, -0.1) is 0 Å². The predicted octanol–water partition coefficient (Wildman–Crippen LogP) is 2.62. The first-order valence-electron chi connectivity index (χ1n) is 6.42.